The average molecular weight is 572 g/mol. The van der Waals surface area contributed by atoms with Crippen LogP contribution >= 0.6 is 0 Å². The summed E-state index contributed by atoms with van der Waals surface area (Å²) >= 11 is 0. The first-order valence-corrected chi connectivity index (χ1v) is 12.2. The minimum atomic E-state index is -4.58. The van der Waals surface area contributed by atoms with E-state index < -0.39 is 30.2 Å². The molecular formula is C27H21F5N6O3. The molecule has 3 aromatic heterocycles. The molecule has 0 amide bonds. The second kappa shape index (κ2) is 11.2. The van der Waals surface area contributed by atoms with Crippen molar-refractivity contribution in [1.82, 2.24) is 24.7 Å². The molecule has 0 aliphatic heterocycles. The number of hydrogen-bond donors (Lipinski definition) is 2. The fourth-order valence-corrected chi connectivity index (χ4v) is 4.01. The predicted molar refractivity (Wildman–Crippen MR) is 138 cm³/mol. The summed E-state index contributed by atoms with van der Waals surface area (Å²) in [5.41, 5.74) is 0.587. The van der Waals surface area contributed by atoms with Crippen LogP contribution in [0.4, 0.5) is 33.5 Å². The molecule has 0 unspecified atom stereocenters. The van der Waals surface area contributed by atoms with Gasteiger partial charge in [0.05, 0.1) is 36.7 Å². The maximum atomic E-state index is 14.8. The van der Waals surface area contributed by atoms with Gasteiger partial charge in [-0.05, 0) is 19.1 Å². The highest BCUT2D eigenvalue weighted by molar-refractivity contribution is 5.92. The van der Waals surface area contributed by atoms with Crippen molar-refractivity contribution in [3.63, 3.8) is 0 Å². The summed E-state index contributed by atoms with van der Waals surface area (Å²) in [5, 5.41) is 18.2. The summed E-state index contributed by atoms with van der Waals surface area (Å²) in [6.45, 7) is 0.140. The van der Waals surface area contributed by atoms with Gasteiger partial charge in [-0.1, -0.05) is 18.2 Å². The number of nitrogens with zero attached hydrogens (tertiary/aromatic N) is 5. The van der Waals surface area contributed by atoms with Gasteiger partial charge in [0.2, 0.25) is 0 Å². The summed E-state index contributed by atoms with van der Waals surface area (Å²) in [6, 6.07) is 10.4. The molecule has 0 fully saturated rings. The highest BCUT2D eigenvalue weighted by Gasteiger charge is 2.29. The second-order valence-electron chi connectivity index (χ2n) is 8.65. The quantitative estimate of drug-likeness (QED) is 0.207. The van der Waals surface area contributed by atoms with Crippen molar-refractivity contribution in [2.75, 3.05) is 18.5 Å². The van der Waals surface area contributed by atoms with Crippen molar-refractivity contribution in [2.24, 2.45) is 0 Å². The molecule has 0 atom stereocenters. The Hall–Kier alpha value is -5.01. The zero-order valence-electron chi connectivity index (χ0n) is 21.3. The van der Waals surface area contributed by atoms with Crippen LogP contribution in [0, 0.1) is 11.6 Å². The van der Waals surface area contributed by atoms with Gasteiger partial charge in [0.1, 0.15) is 23.1 Å². The fraction of sp³-hybridized carbons (Fsp3) is 0.185. The van der Waals surface area contributed by atoms with Crippen LogP contribution in [0.1, 0.15) is 12.5 Å². The molecule has 2 N–H and O–H groups in total. The van der Waals surface area contributed by atoms with Gasteiger partial charge in [-0.25, -0.2) is 18.7 Å². The van der Waals surface area contributed by atoms with Crippen LogP contribution in [0.5, 0.6) is 17.2 Å². The van der Waals surface area contributed by atoms with Gasteiger partial charge in [-0.3, -0.25) is 9.67 Å². The molecule has 0 saturated heterocycles. The van der Waals surface area contributed by atoms with Gasteiger partial charge in [0, 0.05) is 29.3 Å². The number of anilines is 2. The van der Waals surface area contributed by atoms with E-state index >= 15 is 0 Å². The number of rotatable bonds is 9. The van der Waals surface area contributed by atoms with Crippen LogP contribution < -0.4 is 14.8 Å². The number of fused-ring (bicyclic) bond motifs is 1. The lowest BCUT2D eigenvalue weighted by atomic mass is 10.1. The molecule has 2 aromatic carbocycles. The lowest BCUT2D eigenvalue weighted by molar-refractivity contribution is -0.153. The van der Waals surface area contributed by atoms with Gasteiger partial charge >= 0.3 is 6.18 Å². The Balaban J connectivity index is 1.50. The van der Waals surface area contributed by atoms with Gasteiger partial charge < -0.3 is 19.9 Å². The van der Waals surface area contributed by atoms with Crippen LogP contribution in [0.15, 0.2) is 61.1 Å². The van der Waals surface area contributed by atoms with Gasteiger partial charge in [0.15, 0.2) is 29.7 Å². The monoisotopic (exact) mass is 572 g/mol. The van der Waals surface area contributed by atoms with E-state index in [4.69, 9.17) is 9.47 Å². The lowest BCUT2D eigenvalue weighted by Gasteiger charge is -2.14. The third-order valence-electron chi connectivity index (χ3n) is 5.80. The first kappa shape index (κ1) is 27.6. The molecule has 212 valence electrons. The van der Waals surface area contributed by atoms with E-state index in [0.29, 0.717) is 10.9 Å². The topological polar surface area (TPSA) is 107 Å². The first-order chi connectivity index (χ1) is 19.6. The molecular weight excluding hydrogens is 551 g/mol. The Morgan fingerprint density at radius 2 is 1.78 bits per heavy atom. The number of alkyl halides is 3. The molecule has 0 bridgehead atoms. The Bertz CT molecular complexity index is 1690. The Morgan fingerprint density at radius 1 is 1.02 bits per heavy atom. The largest absolute Gasteiger partial charge is 0.503 e. The van der Waals surface area contributed by atoms with Crippen LogP contribution in [-0.4, -0.2) is 49.2 Å². The van der Waals surface area contributed by atoms with E-state index in [-0.39, 0.29) is 53.2 Å². The molecule has 41 heavy (non-hydrogen) atoms. The number of nitrogens with one attached hydrogen (secondary N) is 1. The zero-order valence-corrected chi connectivity index (χ0v) is 21.3. The fourth-order valence-electron chi connectivity index (χ4n) is 4.01. The van der Waals surface area contributed by atoms with Crippen molar-refractivity contribution < 1.29 is 36.5 Å². The third kappa shape index (κ3) is 6.10. The summed E-state index contributed by atoms with van der Waals surface area (Å²) in [5.74, 6) is -2.30. The van der Waals surface area contributed by atoms with Crippen LogP contribution in [0.3, 0.4) is 0 Å². The molecule has 0 radical (unpaired) electrons. The van der Waals surface area contributed by atoms with E-state index in [1.54, 1.807) is 31.2 Å². The van der Waals surface area contributed by atoms with Crippen molar-refractivity contribution in [3.05, 3.63) is 78.3 Å². The van der Waals surface area contributed by atoms with Crippen molar-refractivity contribution in [3.8, 4) is 28.8 Å². The van der Waals surface area contributed by atoms with E-state index in [1.165, 1.54) is 16.9 Å². The predicted octanol–water partition coefficient (Wildman–Crippen LogP) is 6.00. The van der Waals surface area contributed by atoms with E-state index in [1.807, 2.05) is 0 Å². The third-order valence-corrected chi connectivity index (χ3v) is 5.80. The Morgan fingerprint density at radius 3 is 2.51 bits per heavy atom. The number of para-hydroxylation sites is 1. The highest BCUT2D eigenvalue weighted by Crippen LogP contribution is 2.34. The van der Waals surface area contributed by atoms with Gasteiger partial charge in [-0.2, -0.15) is 18.3 Å². The molecule has 0 saturated carbocycles. The molecule has 5 rings (SSSR count). The normalized spacial score (nSPS) is 11.6. The number of benzene rings is 2. The van der Waals surface area contributed by atoms with Crippen LogP contribution in [0.2, 0.25) is 0 Å². The molecule has 14 heteroatoms. The van der Waals surface area contributed by atoms with Crippen LogP contribution in [-0.2, 0) is 6.54 Å². The van der Waals surface area contributed by atoms with Crippen molar-refractivity contribution in [2.45, 2.75) is 19.6 Å². The summed E-state index contributed by atoms with van der Waals surface area (Å²) in [4.78, 5) is 12.2. The maximum Gasteiger partial charge on any atom is 0.422 e. The van der Waals surface area contributed by atoms with Gasteiger partial charge in [-0.15, -0.1) is 0 Å². The number of aromatic hydroxyl groups is 1. The average Bonchev–Trinajstić information content (AvgIpc) is 3.29. The summed E-state index contributed by atoms with van der Waals surface area (Å²) < 4.78 is 79.1. The summed E-state index contributed by atoms with van der Waals surface area (Å²) in [6.07, 6.45) is -1.09. The van der Waals surface area contributed by atoms with E-state index in [0.717, 1.165) is 24.5 Å². The number of pyridine rings is 1. The van der Waals surface area contributed by atoms with Crippen LogP contribution in [0.25, 0.3) is 22.4 Å². The summed E-state index contributed by atoms with van der Waals surface area (Å²) in [7, 11) is 0. The highest BCUT2D eigenvalue weighted by atomic mass is 19.4. The molecule has 0 spiro atoms. The number of halogens is 5. The number of aromatic nitrogens is 5. The molecule has 3 heterocycles. The Kier molecular flexibility index (Phi) is 7.55. The van der Waals surface area contributed by atoms with Crippen molar-refractivity contribution in [1.29, 1.82) is 0 Å². The number of ether oxygens (including phenoxy) is 2. The van der Waals surface area contributed by atoms with E-state index in [2.05, 4.69) is 25.4 Å². The SMILES string of the molecule is CCOc1cc(F)c(Cn2nc(-c3ncc(O)c(Nc4ccncc4OCC(F)(F)F)n3)c3ccccc32)c(F)c1. The lowest BCUT2D eigenvalue weighted by Crippen LogP contribution is -2.19. The minimum absolute atomic E-state index is 0.0275. The number of hydrogen-bond acceptors (Lipinski definition) is 8. The standard InChI is InChI=1S/C27H21F5N6O3/c1-2-40-15-9-18(28)17(19(29)10-15)13-38-21-6-4-3-5-16(21)24(37-38)26-34-11-22(39)25(36-26)35-20-7-8-33-12-23(20)41-14-27(30,31)32/h3-12,39H,2,13-14H2,1H3,(H,33,34,35,36). The minimum Gasteiger partial charge on any atom is -0.503 e. The first-order valence-electron chi connectivity index (χ1n) is 12.2. The maximum absolute atomic E-state index is 14.8. The molecule has 0 aliphatic rings. The molecule has 0 aliphatic carbocycles. The van der Waals surface area contributed by atoms with E-state index in [9.17, 15) is 27.1 Å². The molecule has 5 aromatic rings. The smallest absolute Gasteiger partial charge is 0.422 e. The zero-order chi connectivity index (χ0) is 29.1. The van der Waals surface area contributed by atoms with Gasteiger partial charge in [0.25, 0.3) is 0 Å². The molecule has 9 nitrogen and oxygen atoms in total. The Labute approximate surface area is 229 Å². The second-order valence-corrected chi connectivity index (χ2v) is 8.65. The van der Waals surface area contributed by atoms with Crippen molar-refractivity contribution >= 4 is 22.4 Å².